The summed E-state index contributed by atoms with van der Waals surface area (Å²) >= 11 is 16.8. The van der Waals surface area contributed by atoms with Gasteiger partial charge in [0.2, 0.25) is 0 Å². The largest absolute Gasteiger partial charge is 0.339 e. The first kappa shape index (κ1) is 13.1. The number of imide groups is 2. The first-order valence-corrected chi connectivity index (χ1v) is 5.83. The molecule has 94 valence electrons. The Morgan fingerprint density at radius 3 is 2.11 bits per heavy atom. The van der Waals surface area contributed by atoms with Gasteiger partial charge < -0.3 is 0 Å². The van der Waals surface area contributed by atoms with Crippen molar-refractivity contribution in [3.05, 3.63) is 28.2 Å². The predicted octanol–water partition coefficient (Wildman–Crippen LogP) is 3.12. The molecule has 1 saturated heterocycles. The highest BCUT2D eigenvalue weighted by Gasteiger charge is 2.40. The third-order valence-corrected chi connectivity index (χ3v) is 2.92. The van der Waals surface area contributed by atoms with E-state index in [1.807, 2.05) is 0 Å². The van der Waals surface area contributed by atoms with Crippen LogP contribution in [0.1, 0.15) is 0 Å². The molecule has 0 radical (unpaired) electrons. The summed E-state index contributed by atoms with van der Waals surface area (Å²) < 4.78 is 0. The highest BCUT2D eigenvalue weighted by molar-refractivity contribution is 6.64. The van der Waals surface area contributed by atoms with Crippen molar-refractivity contribution in [3.8, 4) is 0 Å². The van der Waals surface area contributed by atoms with Crippen LogP contribution in [0.4, 0.5) is 15.3 Å². The molecule has 0 saturated carbocycles. The summed E-state index contributed by atoms with van der Waals surface area (Å²) in [6.45, 7) is -0.398. The second-order valence-corrected chi connectivity index (χ2v) is 4.67. The van der Waals surface area contributed by atoms with Gasteiger partial charge in [0.05, 0.1) is 5.69 Å². The molecule has 0 unspecified atom stereocenters. The Morgan fingerprint density at radius 1 is 1.11 bits per heavy atom. The number of nitrogens with zero attached hydrogens (tertiary/aromatic N) is 2. The molecule has 0 N–H and O–H groups in total. The molecule has 0 bridgehead atoms. The van der Waals surface area contributed by atoms with Crippen LogP contribution < -0.4 is 4.90 Å². The Kier molecular flexibility index (Phi) is 3.47. The third kappa shape index (κ3) is 2.29. The topological polar surface area (TPSA) is 57.7 Å². The fraction of sp³-hybridized carbons (Fsp3) is 0.100. The van der Waals surface area contributed by atoms with E-state index >= 15 is 0 Å². The van der Waals surface area contributed by atoms with Crippen molar-refractivity contribution in [1.29, 1.82) is 0 Å². The molecule has 1 aliphatic heterocycles. The van der Waals surface area contributed by atoms with Crippen molar-refractivity contribution >= 4 is 57.8 Å². The molecule has 5 nitrogen and oxygen atoms in total. The van der Waals surface area contributed by atoms with Crippen LogP contribution in [0.3, 0.4) is 0 Å². The van der Waals surface area contributed by atoms with Crippen molar-refractivity contribution in [2.45, 2.75) is 0 Å². The highest BCUT2D eigenvalue weighted by atomic mass is 35.5. The minimum atomic E-state index is -1.01. The zero-order chi connectivity index (χ0) is 13.4. The molecule has 1 aromatic carbocycles. The molecule has 1 aromatic rings. The Hall–Kier alpha value is -1.30. The quantitative estimate of drug-likeness (QED) is 0.455. The van der Waals surface area contributed by atoms with E-state index < -0.39 is 23.8 Å². The standard InChI is InChI=1S/C10H5Cl3N2O3/c11-5-1-6(12)3-7(2-5)15-8(16)4-14(9(13)17)10(15)18/h1-3H,4H2. The lowest BCUT2D eigenvalue weighted by molar-refractivity contribution is -0.116. The summed E-state index contributed by atoms with van der Waals surface area (Å²) in [5.74, 6) is -0.577. The molecule has 0 atom stereocenters. The van der Waals surface area contributed by atoms with Crippen LogP contribution in [0.25, 0.3) is 0 Å². The van der Waals surface area contributed by atoms with Crippen LogP contribution in [0.5, 0.6) is 0 Å². The van der Waals surface area contributed by atoms with Gasteiger partial charge in [0.15, 0.2) is 0 Å². The zero-order valence-corrected chi connectivity index (χ0v) is 11.0. The Balaban J connectivity index is 2.42. The van der Waals surface area contributed by atoms with Crippen molar-refractivity contribution in [2.24, 2.45) is 0 Å². The van der Waals surface area contributed by atoms with E-state index in [4.69, 9.17) is 34.8 Å². The first-order chi connectivity index (χ1) is 8.40. The first-order valence-electron chi connectivity index (χ1n) is 4.70. The molecule has 8 heteroatoms. The molecule has 1 fully saturated rings. The van der Waals surface area contributed by atoms with Crippen LogP contribution in [-0.4, -0.2) is 28.7 Å². The second-order valence-electron chi connectivity index (χ2n) is 3.48. The number of carbonyl (C=O) groups excluding carboxylic acids is 3. The molecule has 0 aliphatic carbocycles. The second kappa shape index (κ2) is 4.76. The van der Waals surface area contributed by atoms with Gasteiger partial charge in [0.25, 0.3) is 5.91 Å². The Morgan fingerprint density at radius 2 is 1.67 bits per heavy atom. The van der Waals surface area contributed by atoms with Crippen molar-refractivity contribution in [3.63, 3.8) is 0 Å². The van der Waals surface area contributed by atoms with Gasteiger partial charge in [0, 0.05) is 10.0 Å². The number of carbonyl (C=O) groups is 3. The smallest absolute Gasteiger partial charge is 0.272 e. The van der Waals surface area contributed by atoms with Gasteiger partial charge in [-0.2, -0.15) is 0 Å². The van der Waals surface area contributed by atoms with Gasteiger partial charge in [-0.05, 0) is 29.8 Å². The molecule has 4 amide bonds. The predicted molar refractivity (Wildman–Crippen MR) is 67.3 cm³/mol. The number of amides is 4. The minimum Gasteiger partial charge on any atom is -0.272 e. The molecule has 1 heterocycles. The molecular weight excluding hydrogens is 302 g/mol. The SMILES string of the molecule is O=C(Cl)N1CC(=O)N(c2cc(Cl)cc(Cl)c2)C1=O. The average Bonchev–Trinajstić information content (AvgIpc) is 2.52. The third-order valence-electron chi connectivity index (χ3n) is 2.28. The lowest BCUT2D eigenvalue weighted by atomic mass is 10.3. The van der Waals surface area contributed by atoms with Gasteiger partial charge >= 0.3 is 11.4 Å². The highest BCUT2D eigenvalue weighted by Crippen LogP contribution is 2.28. The summed E-state index contributed by atoms with van der Waals surface area (Å²) in [7, 11) is 0. The van der Waals surface area contributed by atoms with Gasteiger partial charge in [-0.25, -0.2) is 14.6 Å². The number of rotatable bonds is 1. The monoisotopic (exact) mass is 306 g/mol. The van der Waals surface area contributed by atoms with E-state index in [0.29, 0.717) is 4.90 Å². The van der Waals surface area contributed by atoms with Crippen molar-refractivity contribution in [1.82, 2.24) is 4.90 Å². The number of anilines is 1. The number of benzene rings is 1. The number of urea groups is 1. The average molecular weight is 308 g/mol. The fourth-order valence-electron chi connectivity index (χ4n) is 1.56. The van der Waals surface area contributed by atoms with Gasteiger partial charge in [-0.15, -0.1) is 0 Å². The van der Waals surface area contributed by atoms with Crippen LogP contribution >= 0.6 is 34.8 Å². The summed E-state index contributed by atoms with van der Waals surface area (Å²) in [6, 6.07) is 3.43. The van der Waals surface area contributed by atoms with Gasteiger partial charge in [-0.3, -0.25) is 9.59 Å². The van der Waals surface area contributed by atoms with Crippen LogP contribution in [-0.2, 0) is 4.79 Å². The molecule has 0 aromatic heterocycles. The van der Waals surface area contributed by atoms with E-state index in [9.17, 15) is 14.4 Å². The van der Waals surface area contributed by atoms with E-state index in [-0.39, 0.29) is 15.7 Å². The zero-order valence-electron chi connectivity index (χ0n) is 8.69. The van der Waals surface area contributed by atoms with Crippen LogP contribution in [0.15, 0.2) is 18.2 Å². The molecule has 18 heavy (non-hydrogen) atoms. The summed E-state index contributed by atoms with van der Waals surface area (Å²) in [5.41, 5.74) is 0.197. The summed E-state index contributed by atoms with van der Waals surface area (Å²) in [4.78, 5) is 35.9. The molecule has 1 aliphatic rings. The minimum absolute atomic E-state index is 0.197. The fourth-order valence-corrected chi connectivity index (χ4v) is 2.21. The number of hydrogen-bond donors (Lipinski definition) is 0. The summed E-state index contributed by atoms with van der Waals surface area (Å²) in [5, 5.41) is -0.466. The van der Waals surface area contributed by atoms with Crippen molar-refractivity contribution in [2.75, 3.05) is 11.4 Å². The molecule has 2 rings (SSSR count). The van der Waals surface area contributed by atoms with Crippen molar-refractivity contribution < 1.29 is 14.4 Å². The van der Waals surface area contributed by atoms with Crippen LogP contribution in [0, 0.1) is 0 Å². The van der Waals surface area contributed by atoms with E-state index in [0.717, 1.165) is 4.90 Å². The summed E-state index contributed by atoms with van der Waals surface area (Å²) in [6.07, 6.45) is 0. The number of halogens is 3. The maximum atomic E-state index is 11.8. The van der Waals surface area contributed by atoms with Crippen LogP contribution in [0.2, 0.25) is 10.0 Å². The lowest BCUT2D eigenvalue weighted by Crippen LogP contribution is -2.34. The lowest BCUT2D eigenvalue weighted by Gasteiger charge is -2.14. The van der Waals surface area contributed by atoms with E-state index in [1.54, 1.807) is 0 Å². The van der Waals surface area contributed by atoms with Gasteiger partial charge in [0.1, 0.15) is 6.54 Å². The Labute approximate surface area is 117 Å². The van der Waals surface area contributed by atoms with E-state index in [2.05, 4.69) is 0 Å². The maximum Gasteiger partial charge on any atom is 0.339 e. The molecule has 0 spiro atoms. The van der Waals surface area contributed by atoms with Gasteiger partial charge in [-0.1, -0.05) is 23.2 Å². The maximum absolute atomic E-state index is 11.8. The Bertz CT molecular complexity index is 541. The normalized spacial score (nSPS) is 15.5. The number of hydrogen-bond acceptors (Lipinski definition) is 3. The molecular formula is C10H5Cl3N2O3. The van der Waals surface area contributed by atoms with E-state index in [1.165, 1.54) is 18.2 Å².